The van der Waals surface area contributed by atoms with Crippen LogP contribution in [-0.2, 0) is 6.54 Å². The Hall–Kier alpha value is -3.29. The average Bonchev–Trinajstić information content (AvgIpc) is 3.19. The summed E-state index contributed by atoms with van der Waals surface area (Å²) in [6.45, 7) is 0.534. The Morgan fingerprint density at radius 1 is 1.32 bits per heavy atom. The summed E-state index contributed by atoms with van der Waals surface area (Å²) >= 11 is 0. The molecule has 0 aliphatic heterocycles. The van der Waals surface area contributed by atoms with Crippen molar-refractivity contribution < 1.29 is 9.90 Å². The van der Waals surface area contributed by atoms with Crippen LogP contribution in [0.1, 0.15) is 21.9 Å². The van der Waals surface area contributed by atoms with Crippen molar-refractivity contribution in [2.24, 2.45) is 0 Å². The molecule has 8 heteroatoms. The van der Waals surface area contributed by atoms with E-state index < -0.39 is 5.78 Å². The molecule has 0 bridgehead atoms. The largest absolute Gasteiger partial charge is 0.504 e. The Labute approximate surface area is 125 Å². The van der Waals surface area contributed by atoms with Gasteiger partial charge in [-0.25, -0.2) is 4.98 Å². The first-order chi connectivity index (χ1) is 10.7. The molecule has 0 atom stereocenters. The molecule has 110 valence electrons. The van der Waals surface area contributed by atoms with Gasteiger partial charge in [0.05, 0.1) is 6.54 Å². The Morgan fingerprint density at radius 2 is 2.14 bits per heavy atom. The van der Waals surface area contributed by atoms with E-state index in [0.717, 1.165) is 11.6 Å². The van der Waals surface area contributed by atoms with Crippen molar-refractivity contribution in [2.45, 2.75) is 6.54 Å². The average molecular weight is 296 g/mol. The number of aromatic nitrogens is 6. The van der Waals surface area contributed by atoms with Crippen molar-refractivity contribution in [3.8, 4) is 0 Å². The van der Waals surface area contributed by atoms with E-state index >= 15 is 0 Å². The molecule has 0 fully saturated rings. The minimum Gasteiger partial charge on any atom is -0.504 e. The normalized spacial score (nSPS) is 11.5. The molecule has 3 heterocycles. The van der Waals surface area contributed by atoms with E-state index in [-0.39, 0.29) is 17.3 Å². The lowest BCUT2D eigenvalue weighted by atomic mass is 10.2. The van der Waals surface area contributed by atoms with E-state index in [1.165, 1.54) is 6.33 Å². The highest BCUT2D eigenvalue weighted by molar-refractivity contribution is 6.06. The van der Waals surface area contributed by atoms with Gasteiger partial charge in [-0.05, 0) is 23.8 Å². The lowest BCUT2D eigenvalue weighted by molar-refractivity contribution is 0.104. The van der Waals surface area contributed by atoms with Crippen molar-refractivity contribution in [3.63, 3.8) is 0 Å². The van der Waals surface area contributed by atoms with Crippen LogP contribution in [-0.4, -0.2) is 40.8 Å². The number of nitrogens with zero attached hydrogens (tertiary/aromatic N) is 5. The van der Waals surface area contributed by atoms with Crippen LogP contribution >= 0.6 is 0 Å². The Bertz CT molecular complexity index is 792. The molecule has 0 saturated heterocycles. The fourth-order valence-corrected chi connectivity index (χ4v) is 1.85. The lowest BCUT2D eigenvalue weighted by Crippen LogP contribution is -2.04. The summed E-state index contributed by atoms with van der Waals surface area (Å²) in [5.74, 6) is -0.671. The number of aliphatic hydroxyl groups excluding tert-OH is 1. The van der Waals surface area contributed by atoms with Gasteiger partial charge in [-0.2, -0.15) is 10.2 Å². The minimum atomic E-state index is -0.421. The number of hydrogen-bond donors (Lipinski definition) is 2. The summed E-state index contributed by atoms with van der Waals surface area (Å²) in [6, 6.07) is 5.33. The first-order valence-corrected chi connectivity index (χ1v) is 6.46. The van der Waals surface area contributed by atoms with Crippen LogP contribution in [0.25, 0.3) is 5.76 Å². The predicted octanol–water partition coefficient (Wildman–Crippen LogP) is 1.23. The summed E-state index contributed by atoms with van der Waals surface area (Å²) in [7, 11) is 0. The van der Waals surface area contributed by atoms with Crippen LogP contribution in [0.15, 0.2) is 49.2 Å². The molecule has 0 aliphatic rings. The number of allylic oxidation sites excluding steroid dienone is 1. The fraction of sp³-hybridized carbons (Fsp3) is 0.0714. The summed E-state index contributed by atoms with van der Waals surface area (Å²) in [4.78, 5) is 19.7. The highest BCUT2D eigenvalue weighted by atomic mass is 16.3. The molecule has 0 unspecified atom stereocenters. The van der Waals surface area contributed by atoms with E-state index in [2.05, 4.69) is 25.3 Å². The number of ketones is 1. The number of carbonyl (C=O) groups is 1. The highest BCUT2D eigenvalue weighted by Crippen LogP contribution is 2.07. The van der Waals surface area contributed by atoms with E-state index in [0.29, 0.717) is 6.54 Å². The number of rotatable bonds is 5. The van der Waals surface area contributed by atoms with Crippen molar-refractivity contribution in [1.82, 2.24) is 29.9 Å². The number of hydrogen-bond acceptors (Lipinski definition) is 6. The number of carbonyl (C=O) groups excluding carboxylic acids is 1. The van der Waals surface area contributed by atoms with Gasteiger partial charge in [0.25, 0.3) is 0 Å². The summed E-state index contributed by atoms with van der Waals surface area (Å²) < 4.78 is 1.64. The molecule has 22 heavy (non-hydrogen) atoms. The van der Waals surface area contributed by atoms with Crippen LogP contribution in [0.3, 0.4) is 0 Å². The zero-order valence-electron chi connectivity index (χ0n) is 11.4. The fourth-order valence-electron chi connectivity index (χ4n) is 1.85. The van der Waals surface area contributed by atoms with Gasteiger partial charge in [0.15, 0.2) is 5.76 Å². The Kier molecular flexibility index (Phi) is 3.73. The molecule has 0 aromatic carbocycles. The molecule has 3 aromatic heterocycles. The smallest absolute Gasteiger partial charge is 0.215 e. The van der Waals surface area contributed by atoms with E-state index in [4.69, 9.17) is 0 Å². The molecular weight excluding hydrogens is 284 g/mol. The third-order valence-electron chi connectivity index (χ3n) is 2.90. The number of aliphatic hydroxyl groups is 1. The summed E-state index contributed by atoms with van der Waals surface area (Å²) in [5, 5.41) is 20.1. The lowest BCUT2D eigenvalue weighted by Gasteiger charge is -2.00. The molecule has 3 rings (SSSR count). The van der Waals surface area contributed by atoms with Crippen LogP contribution in [0, 0.1) is 0 Å². The molecule has 3 aromatic rings. The zero-order chi connectivity index (χ0) is 15.4. The van der Waals surface area contributed by atoms with Crippen molar-refractivity contribution in [1.29, 1.82) is 0 Å². The maximum absolute atomic E-state index is 12.0. The van der Waals surface area contributed by atoms with Crippen LogP contribution in [0.5, 0.6) is 0 Å². The molecule has 0 aliphatic carbocycles. The standard InChI is InChI=1S/C14H12N6O2/c21-12(7-13(22)14-16-9-17-18-14)11-3-6-20(19-11)8-10-1-4-15-5-2-10/h1-7,9,22H,8H2,(H,16,17,18). The molecule has 2 N–H and O–H groups in total. The van der Waals surface area contributed by atoms with Gasteiger partial charge < -0.3 is 5.11 Å². The molecule has 0 amide bonds. The van der Waals surface area contributed by atoms with Gasteiger partial charge in [-0.15, -0.1) is 0 Å². The first kappa shape index (κ1) is 13.7. The molecule has 8 nitrogen and oxygen atoms in total. The number of nitrogens with one attached hydrogen (secondary N) is 1. The van der Waals surface area contributed by atoms with E-state index in [1.54, 1.807) is 29.3 Å². The summed E-state index contributed by atoms with van der Waals surface area (Å²) in [6.07, 6.45) is 7.45. The van der Waals surface area contributed by atoms with E-state index in [9.17, 15) is 9.90 Å². The Balaban J connectivity index is 1.73. The molecule has 0 saturated carbocycles. The van der Waals surface area contributed by atoms with Crippen molar-refractivity contribution >= 4 is 11.5 Å². The van der Waals surface area contributed by atoms with Crippen LogP contribution in [0.2, 0.25) is 0 Å². The quantitative estimate of drug-likeness (QED) is 0.416. The second kappa shape index (κ2) is 6.00. The van der Waals surface area contributed by atoms with Gasteiger partial charge in [-0.3, -0.25) is 19.6 Å². The van der Waals surface area contributed by atoms with Crippen LogP contribution in [0.4, 0.5) is 0 Å². The summed E-state index contributed by atoms with van der Waals surface area (Å²) in [5.41, 5.74) is 1.26. The Morgan fingerprint density at radius 3 is 2.86 bits per heavy atom. The molecule has 0 radical (unpaired) electrons. The maximum Gasteiger partial charge on any atom is 0.215 e. The number of pyridine rings is 1. The second-order valence-electron chi connectivity index (χ2n) is 4.47. The third-order valence-corrected chi connectivity index (χ3v) is 2.90. The van der Waals surface area contributed by atoms with E-state index in [1.807, 2.05) is 12.1 Å². The number of H-pyrrole nitrogens is 1. The highest BCUT2D eigenvalue weighted by Gasteiger charge is 2.11. The van der Waals surface area contributed by atoms with Gasteiger partial charge in [0.2, 0.25) is 11.6 Å². The zero-order valence-corrected chi connectivity index (χ0v) is 11.4. The van der Waals surface area contributed by atoms with Crippen molar-refractivity contribution in [2.75, 3.05) is 0 Å². The van der Waals surface area contributed by atoms with Gasteiger partial charge in [0, 0.05) is 24.7 Å². The minimum absolute atomic E-state index is 0.0598. The second-order valence-corrected chi connectivity index (χ2v) is 4.47. The molecule has 0 spiro atoms. The van der Waals surface area contributed by atoms with Crippen LogP contribution < -0.4 is 0 Å². The number of aromatic amines is 1. The van der Waals surface area contributed by atoms with Gasteiger partial charge in [-0.1, -0.05) is 0 Å². The van der Waals surface area contributed by atoms with Crippen molar-refractivity contribution in [3.05, 3.63) is 66.3 Å². The maximum atomic E-state index is 12.0. The third kappa shape index (κ3) is 3.06. The molecular formula is C14H12N6O2. The van der Waals surface area contributed by atoms with Gasteiger partial charge in [0.1, 0.15) is 12.0 Å². The predicted molar refractivity (Wildman–Crippen MR) is 76.9 cm³/mol. The SMILES string of the molecule is O=C(C=C(O)c1nc[nH]n1)c1ccn(Cc2ccncc2)n1. The first-order valence-electron chi connectivity index (χ1n) is 6.46. The monoisotopic (exact) mass is 296 g/mol. The van der Waals surface area contributed by atoms with Gasteiger partial charge >= 0.3 is 0 Å². The topological polar surface area (TPSA) is 110 Å².